The van der Waals surface area contributed by atoms with Crippen molar-refractivity contribution in [2.24, 2.45) is 7.05 Å². The Morgan fingerprint density at radius 2 is 1.83 bits per heavy atom. The van der Waals surface area contributed by atoms with Crippen LogP contribution in [0.15, 0.2) is 83.9 Å². The highest BCUT2D eigenvalue weighted by Crippen LogP contribution is 2.18. The van der Waals surface area contributed by atoms with Crippen molar-refractivity contribution >= 4 is 16.9 Å². The van der Waals surface area contributed by atoms with Crippen molar-refractivity contribution in [1.29, 1.82) is 0 Å². The number of hydrogen-bond donors (Lipinski definition) is 0. The van der Waals surface area contributed by atoms with Gasteiger partial charge < -0.3 is 14.0 Å². The summed E-state index contributed by atoms with van der Waals surface area (Å²) in [7, 11) is 1.78. The number of benzene rings is 2. The molecule has 0 unspecified atom stereocenters. The van der Waals surface area contributed by atoms with Crippen LogP contribution in [0.25, 0.3) is 10.9 Å². The predicted molar refractivity (Wildman–Crippen MR) is 113 cm³/mol. The van der Waals surface area contributed by atoms with E-state index in [4.69, 9.17) is 9.47 Å². The third kappa shape index (κ3) is 4.22. The summed E-state index contributed by atoms with van der Waals surface area (Å²) in [6, 6.07) is 20.0. The molecule has 2 heterocycles. The molecule has 0 aliphatic rings. The van der Waals surface area contributed by atoms with Crippen LogP contribution in [0.2, 0.25) is 0 Å². The van der Waals surface area contributed by atoms with E-state index in [1.807, 2.05) is 42.5 Å². The van der Waals surface area contributed by atoms with E-state index < -0.39 is 5.97 Å². The minimum absolute atomic E-state index is 0.0276. The summed E-state index contributed by atoms with van der Waals surface area (Å²) in [5.41, 5.74) is 2.44. The average molecular weight is 400 g/mol. The van der Waals surface area contributed by atoms with E-state index in [-0.39, 0.29) is 17.8 Å². The maximum Gasteiger partial charge on any atom is 0.339 e. The molecule has 0 fully saturated rings. The fraction of sp³-hybridized carbons (Fsp3) is 0.125. The van der Waals surface area contributed by atoms with Crippen molar-refractivity contribution in [3.63, 3.8) is 0 Å². The second-order valence-electron chi connectivity index (χ2n) is 6.83. The van der Waals surface area contributed by atoms with Crippen LogP contribution in [0.3, 0.4) is 0 Å². The maximum atomic E-state index is 12.6. The molecular formula is C24H20N2O4. The number of nitrogens with zero attached hydrogens (tertiary/aromatic N) is 2. The fourth-order valence-electron chi connectivity index (χ4n) is 3.13. The van der Waals surface area contributed by atoms with Gasteiger partial charge in [-0.05, 0) is 23.8 Å². The zero-order valence-electron chi connectivity index (χ0n) is 16.4. The quantitative estimate of drug-likeness (QED) is 0.460. The highest BCUT2D eigenvalue weighted by atomic mass is 16.5. The number of rotatable bonds is 6. The van der Waals surface area contributed by atoms with E-state index in [1.165, 1.54) is 6.07 Å². The standard InChI is InChI=1S/C24H20N2O4/c1-26-14-23(29-15-17-7-3-2-4-8-17)22(27)13-18(26)16-30-24(28)20-9-5-11-21-19(20)10-6-12-25-21/h2-14H,15-16H2,1H3. The molecule has 0 spiro atoms. The number of ether oxygens (including phenoxy) is 2. The van der Waals surface area contributed by atoms with Gasteiger partial charge in [-0.25, -0.2) is 4.79 Å². The van der Waals surface area contributed by atoms with Crippen molar-refractivity contribution in [3.8, 4) is 5.75 Å². The monoisotopic (exact) mass is 400 g/mol. The van der Waals surface area contributed by atoms with Crippen molar-refractivity contribution in [1.82, 2.24) is 9.55 Å². The highest BCUT2D eigenvalue weighted by molar-refractivity contribution is 6.03. The van der Waals surface area contributed by atoms with Crippen LogP contribution in [0.1, 0.15) is 21.6 Å². The van der Waals surface area contributed by atoms with Gasteiger partial charge in [0.1, 0.15) is 13.2 Å². The van der Waals surface area contributed by atoms with Crippen LogP contribution in [-0.2, 0) is 25.0 Å². The Hall–Kier alpha value is -3.93. The van der Waals surface area contributed by atoms with Crippen molar-refractivity contribution in [2.75, 3.05) is 0 Å². The Kier molecular flexibility index (Phi) is 5.57. The van der Waals surface area contributed by atoms with Crippen molar-refractivity contribution < 1.29 is 14.3 Å². The largest absolute Gasteiger partial charge is 0.483 e. The summed E-state index contributed by atoms with van der Waals surface area (Å²) in [4.78, 5) is 29.3. The van der Waals surface area contributed by atoms with Gasteiger partial charge in [0.2, 0.25) is 5.43 Å². The Morgan fingerprint density at radius 3 is 2.67 bits per heavy atom. The number of esters is 1. The van der Waals surface area contributed by atoms with Crippen LogP contribution in [0.5, 0.6) is 5.75 Å². The summed E-state index contributed by atoms with van der Waals surface area (Å²) in [6.45, 7) is 0.277. The van der Waals surface area contributed by atoms with Crippen LogP contribution >= 0.6 is 0 Å². The molecule has 0 saturated heterocycles. The van der Waals surface area contributed by atoms with Gasteiger partial charge in [0.25, 0.3) is 0 Å². The van der Waals surface area contributed by atoms with Crippen LogP contribution in [0.4, 0.5) is 0 Å². The third-order valence-electron chi connectivity index (χ3n) is 4.76. The van der Waals surface area contributed by atoms with Crippen molar-refractivity contribution in [2.45, 2.75) is 13.2 Å². The molecule has 30 heavy (non-hydrogen) atoms. The lowest BCUT2D eigenvalue weighted by atomic mass is 10.1. The highest BCUT2D eigenvalue weighted by Gasteiger charge is 2.13. The molecule has 0 saturated carbocycles. The van der Waals surface area contributed by atoms with Gasteiger partial charge in [0.05, 0.1) is 23.0 Å². The molecule has 0 atom stereocenters. The number of carbonyl (C=O) groups is 1. The molecule has 150 valence electrons. The molecule has 0 amide bonds. The Labute approximate surface area is 173 Å². The second kappa shape index (κ2) is 8.61. The normalized spacial score (nSPS) is 10.7. The molecule has 2 aromatic heterocycles. The number of aromatic nitrogens is 2. The van der Waals surface area contributed by atoms with E-state index in [1.54, 1.807) is 42.2 Å². The van der Waals surface area contributed by atoms with Crippen LogP contribution in [0, 0.1) is 0 Å². The zero-order valence-corrected chi connectivity index (χ0v) is 16.4. The molecule has 2 aromatic carbocycles. The minimum Gasteiger partial charge on any atom is -0.483 e. The van der Waals surface area contributed by atoms with Gasteiger partial charge in [-0.1, -0.05) is 42.5 Å². The van der Waals surface area contributed by atoms with E-state index in [0.29, 0.717) is 17.9 Å². The minimum atomic E-state index is -0.467. The first-order valence-electron chi connectivity index (χ1n) is 9.49. The van der Waals surface area contributed by atoms with Crippen molar-refractivity contribution in [3.05, 3.63) is 106 Å². The van der Waals surface area contributed by atoms with E-state index in [9.17, 15) is 9.59 Å². The number of carbonyl (C=O) groups excluding carboxylic acids is 1. The average Bonchev–Trinajstić information content (AvgIpc) is 2.78. The molecule has 0 N–H and O–H groups in total. The molecule has 0 aliphatic carbocycles. The first kappa shape index (κ1) is 19.4. The lowest BCUT2D eigenvalue weighted by molar-refractivity contribution is 0.0466. The number of pyridine rings is 2. The SMILES string of the molecule is Cn1cc(OCc2ccccc2)c(=O)cc1COC(=O)c1cccc2ncccc12. The number of hydrogen-bond acceptors (Lipinski definition) is 5. The fourth-order valence-corrected chi connectivity index (χ4v) is 3.13. The molecular weight excluding hydrogens is 380 g/mol. The van der Waals surface area contributed by atoms with Gasteiger partial charge in [0, 0.05) is 24.7 Å². The summed E-state index contributed by atoms with van der Waals surface area (Å²) >= 11 is 0. The van der Waals surface area contributed by atoms with E-state index in [0.717, 1.165) is 16.5 Å². The van der Waals surface area contributed by atoms with E-state index in [2.05, 4.69) is 4.98 Å². The van der Waals surface area contributed by atoms with Gasteiger partial charge in [-0.2, -0.15) is 0 Å². The summed E-state index contributed by atoms with van der Waals surface area (Å²) in [5.74, 6) is -0.220. The predicted octanol–water partition coefficient (Wildman–Crippen LogP) is 3.87. The molecule has 4 rings (SSSR count). The molecule has 0 bridgehead atoms. The Morgan fingerprint density at radius 1 is 1.00 bits per heavy atom. The summed E-state index contributed by atoms with van der Waals surface area (Å²) in [5, 5.41) is 0.726. The number of fused-ring (bicyclic) bond motifs is 1. The van der Waals surface area contributed by atoms with E-state index >= 15 is 0 Å². The smallest absolute Gasteiger partial charge is 0.339 e. The Balaban J connectivity index is 1.46. The second-order valence-corrected chi connectivity index (χ2v) is 6.83. The first-order chi connectivity index (χ1) is 14.6. The lowest BCUT2D eigenvalue weighted by Crippen LogP contribution is -2.16. The summed E-state index contributed by atoms with van der Waals surface area (Å²) in [6.07, 6.45) is 3.28. The molecule has 6 nitrogen and oxygen atoms in total. The molecule has 6 heteroatoms. The topological polar surface area (TPSA) is 70.4 Å². The summed E-state index contributed by atoms with van der Waals surface area (Å²) < 4.78 is 12.8. The lowest BCUT2D eigenvalue weighted by Gasteiger charge is -2.13. The van der Waals surface area contributed by atoms with Gasteiger partial charge in [-0.15, -0.1) is 0 Å². The zero-order chi connectivity index (χ0) is 20.9. The molecule has 4 aromatic rings. The maximum absolute atomic E-state index is 12.6. The van der Waals surface area contributed by atoms with Gasteiger partial charge in [-0.3, -0.25) is 9.78 Å². The van der Waals surface area contributed by atoms with Crippen LogP contribution < -0.4 is 10.2 Å². The Bertz CT molecular complexity index is 1240. The van der Waals surface area contributed by atoms with Gasteiger partial charge in [0.15, 0.2) is 5.75 Å². The molecule has 0 aliphatic heterocycles. The molecule has 0 radical (unpaired) electrons. The van der Waals surface area contributed by atoms with Crippen LogP contribution in [-0.4, -0.2) is 15.5 Å². The number of aryl methyl sites for hydroxylation is 1. The van der Waals surface area contributed by atoms with Gasteiger partial charge >= 0.3 is 5.97 Å². The first-order valence-corrected chi connectivity index (χ1v) is 9.49. The third-order valence-corrected chi connectivity index (χ3v) is 4.76.